The van der Waals surface area contributed by atoms with E-state index in [0.717, 1.165) is 17.5 Å². The molecule has 1 N–H and O–H groups in total. The second-order valence-electron chi connectivity index (χ2n) is 5.22. The Balaban J connectivity index is 0.000000224. The van der Waals surface area contributed by atoms with Crippen LogP contribution in [-0.2, 0) is 16.0 Å². The monoisotopic (exact) mass is 352 g/mol. The van der Waals surface area contributed by atoms with Crippen molar-refractivity contribution >= 4 is 35.2 Å². The van der Waals surface area contributed by atoms with E-state index in [2.05, 4.69) is 0 Å². The molecule has 3 nitrogen and oxygen atoms in total. The number of hydrogen-bond acceptors (Lipinski definition) is 2. The van der Waals surface area contributed by atoms with Gasteiger partial charge in [0.15, 0.2) is 0 Å². The number of halogens is 2. The molecule has 5 heteroatoms. The second-order valence-corrected chi connectivity index (χ2v) is 5.64. The van der Waals surface area contributed by atoms with Crippen LogP contribution in [0.25, 0.3) is 0 Å². The molecule has 3 rings (SSSR count). The molecule has 0 saturated heterocycles. The first kappa shape index (κ1) is 19.2. The van der Waals surface area contributed by atoms with E-state index in [1.807, 2.05) is 60.7 Å². The normalized spacial score (nSPS) is 18.0. The maximum absolute atomic E-state index is 10.5. The van der Waals surface area contributed by atoms with E-state index in [1.165, 1.54) is 0 Å². The maximum Gasteiger partial charge on any atom is 0.307 e. The van der Waals surface area contributed by atoms with E-state index >= 15 is 0 Å². The van der Waals surface area contributed by atoms with Crippen LogP contribution >= 0.6 is 24.0 Å². The average molecular weight is 353 g/mol. The summed E-state index contributed by atoms with van der Waals surface area (Å²) < 4.78 is 0. The fraction of sp³-hybridized carbons (Fsp3) is 0.222. The molecule has 0 aromatic heterocycles. The smallest absolute Gasteiger partial charge is 0.307 e. The Kier molecular flexibility index (Phi) is 7.79. The molecule has 0 spiro atoms. The van der Waals surface area contributed by atoms with Gasteiger partial charge in [-0.2, -0.15) is 0 Å². The van der Waals surface area contributed by atoms with Gasteiger partial charge in [-0.1, -0.05) is 60.7 Å². The van der Waals surface area contributed by atoms with Crippen molar-refractivity contribution in [3.8, 4) is 0 Å². The molecule has 23 heavy (non-hydrogen) atoms. The van der Waals surface area contributed by atoms with Crippen LogP contribution in [0.1, 0.15) is 23.5 Å². The van der Waals surface area contributed by atoms with Gasteiger partial charge in [0.05, 0.1) is 5.92 Å². The largest absolute Gasteiger partial charge is 0.481 e. The van der Waals surface area contributed by atoms with Crippen molar-refractivity contribution in [3.63, 3.8) is 0 Å². The minimum absolute atomic E-state index is 0. The van der Waals surface area contributed by atoms with Gasteiger partial charge < -0.3 is 5.11 Å². The van der Waals surface area contributed by atoms with E-state index in [1.54, 1.807) is 0 Å². The Hall–Kier alpha value is -1.84. The summed E-state index contributed by atoms with van der Waals surface area (Å²) in [5.74, 6) is -0.528. The lowest BCUT2D eigenvalue weighted by atomic mass is 10.1. The molecule has 2 aromatic rings. The number of carbonyl (C=O) groups is 2. The summed E-state index contributed by atoms with van der Waals surface area (Å²) in [4.78, 5) is 20.9. The number of carboxylic acid groups (broad SMARTS) is 1. The molecule has 1 fully saturated rings. The third-order valence-corrected chi connectivity index (χ3v) is 3.65. The number of hydrogen-bond donors (Lipinski definition) is 1. The Bertz CT molecular complexity index is 629. The Morgan fingerprint density at radius 2 is 1.52 bits per heavy atom. The fourth-order valence-electron chi connectivity index (χ4n) is 2.29. The molecule has 0 heterocycles. The standard InChI is InChI=1S/C10H10O2.C8H7ClO.ClH/c11-10(12)9-6-8(9)7-4-2-1-3-5-7;9-8(10)6-7-4-2-1-3-5-7;/h1-5,8-9H,6H2,(H,11,12);1-5H,6H2;1H/t8-,9+;;/m0../s1. The quantitative estimate of drug-likeness (QED) is 0.835. The molecular formula is C18H18Cl2O3. The molecule has 1 aliphatic carbocycles. The molecule has 0 unspecified atom stereocenters. The van der Waals surface area contributed by atoms with Gasteiger partial charge in [0.2, 0.25) is 5.24 Å². The SMILES string of the molecule is Cl.O=C(Cl)Cc1ccccc1.O=C(O)[C@@H]1C[C@H]1c1ccccc1. The third-order valence-electron chi connectivity index (χ3n) is 3.52. The minimum Gasteiger partial charge on any atom is -0.481 e. The predicted octanol–water partition coefficient (Wildman–Crippen LogP) is 4.29. The summed E-state index contributed by atoms with van der Waals surface area (Å²) in [6.45, 7) is 0. The highest BCUT2D eigenvalue weighted by molar-refractivity contribution is 6.63. The zero-order valence-corrected chi connectivity index (χ0v) is 14.0. The second kappa shape index (κ2) is 9.33. The number of aliphatic carboxylic acids is 1. The van der Waals surface area contributed by atoms with Crippen LogP contribution in [0.5, 0.6) is 0 Å². The predicted molar refractivity (Wildman–Crippen MR) is 93.2 cm³/mol. The average Bonchev–Trinajstić information content (AvgIpc) is 3.30. The van der Waals surface area contributed by atoms with Gasteiger partial charge in [-0.25, -0.2) is 0 Å². The van der Waals surface area contributed by atoms with Gasteiger partial charge in [0.1, 0.15) is 0 Å². The highest BCUT2D eigenvalue weighted by atomic mass is 35.5. The summed E-state index contributed by atoms with van der Waals surface area (Å²) in [6, 6.07) is 19.3. The molecule has 0 bridgehead atoms. The Labute approximate surface area is 146 Å². The molecule has 0 aliphatic heterocycles. The van der Waals surface area contributed by atoms with Crippen LogP contribution < -0.4 is 0 Å². The molecule has 1 aliphatic rings. The van der Waals surface area contributed by atoms with Gasteiger partial charge in [-0.05, 0) is 35.1 Å². The van der Waals surface area contributed by atoms with Crippen molar-refractivity contribution < 1.29 is 14.7 Å². The first-order valence-electron chi connectivity index (χ1n) is 7.08. The summed E-state index contributed by atoms with van der Waals surface area (Å²) in [6.07, 6.45) is 1.13. The summed E-state index contributed by atoms with van der Waals surface area (Å²) in [7, 11) is 0. The van der Waals surface area contributed by atoms with Crippen molar-refractivity contribution in [2.75, 3.05) is 0 Å². The molecular weight excluding hydrogens is 335 g/mol. The zero-order chi connectivity index (χ0) is 15.9. The number of benzene rings is 2. The van der Waals surface area contributed by atoms with Crippen molar-refractivity contribution in [3.05, 3.63) is 71.8 Å². The molecule has 122 valence electrons. The van der Waals surface area contributed by atoms with Crippen molar-refractivity contribution in [1.29, 1.82) is 0 Å². The minimum atomic E-state index is -0.663. The van der Waals surface area contributed by atoms with Crippen molar-refractivity contribution in [2.45, 2.75) is 18.8 Å². The van der Waals surface area contributed by atoms with Gasteiger partial charge in [0, 0.05) is 6.42 Å². The van der Waals surface area contributed by atoms with Crippen LogP contribution in [0, 0.1) is 5.92 Å². The molecule has 1 saturated carbocycles. The topological polar surface area (TPSA) is 54.4 Å². The first-order chi connectivity index (χ1) is 10.6. The van der Waals surface area contributed by atoms with Crippen LogP contribution in [0.2, 0.25) is 0 Å². The molecule has 0 radical (unpaired) electrons. The number of carbonyl (C=O) groups excluding carboxylic acids is 1. The lowest BCUT2D eigenvalue weighted by molar-refractivity contribution is -0.138. The summed E-state index contributed by atoms with van der Waals surface area (Å²) in [5, 5.41) is 8.37. The molecule has 0 amide bonds. The zero-order valence-electron chi connectivity index (χ0n) is 12.4. The van der Waals surface area contributed by atoms with Crippen molar-refractivity contribution in [2.24, 2.45) is 5.92 Å². The number of rotatable bonds is 4. The van der Waals surface area contributed by atoms with Gasteiger partial charge >= 0.3 is 5.97 Å². The van der Waals surface area contributed by atoms with Gasteiger partial charge in [-0.3, -0.25) is 9.59 Å². The van der Waals surface area contributed by atoms with Gasteiger partial charge in [-0.15, -0.1) is 12.4 Å². The van der Waals surface area contributed by atoms with Gasteiger partial charge in [0.25, 0.3) is 0 Å². The van der Waals surface area contributed by atoms with E-state index in [9.17, 15) is 9.59 Å². The van der Waals surface area contributed by atoms with E-state index in [4.69, 9.17) is 16.7 Å². The molecule has 2 atom stereocenters. The Morgan fingerprint density at radius 1 is 1.00 bits per heavy atom. The highest BCUT2D eigenvalue weighted by Crippen LogP contribution is 2.47. The molecule has 2 aromatic carbocycles. The van der Waals surface area contributed by atoms with Crippen LogP contribution in [0.4, 0.5) is 0 Å². The van der Waals surface area contributed by atoms with E-state index < -0.39 is 5.97 Å². The summed E-state index contributed by atoms with van der Waals surface area (Å²) in [5.41, 5.74) is 2.12. The van der Waals surface area contributed by atoms with Crippen LogP contribution in [0.15, 0.2) is 60.7 Å². The summed E-state index contributed by atoms with van der Waals surface area (Å²) >= 11 is 5.17. The fourth-order valence-corrected chi connectivity index (χ4v) is 2.45. The Morgan fingerprint density at radius 3 is 1.96 bits per heavy atom. The number of carboxylic acids is 1. The highest BCUT2D eigenvalue weighted by Gasteiger charge is 2.43. The van der Waals surface area contributed by atoms with Crippen molar-refractivity contribution in [1.82, 2.24) is 0 Å². The van der Waals surface area contributed by atoms with E-state index in [0.29, 0.717) is 6.42 Å². The first-order valence-corrected chi connectivity index (χ1v) is 7.45. The van der Waals surface area contributed by atoms with E-state index in [-0.39, 0.29) is 29.5 Å². The van der Waals surface area contributed by atoms with Crippen LogP contribution in [-0.4, -0.2) is 16.3 Å². The maximum atomic E-state index is 10.5. The van der Waals surface area contributed by atoms with Crippen LogP contribution in [0.3, 0.4) is 0 Å². The lowest BCUT2D eigenvalue weighted by Gasteiger charge is -1.95. The lowest BCUT2D eigenvalue weighted by Crippen LogP contribution is -1.98. The third kappa shape index (κ3) is 6.43.